The van der Waals surface area contributed by atoms with Crippen LogP contribution in [0.25, 0.3) is 22.3 Å². The molecule has 3 aromatic rings. The topological polar surface area (TPSA) is 40.7 Å². The molecule has 0 bridgehead atoms. The van der Waals surface area contributed by atoms with Gasteiger partial charge in [0.2, 0.25) is 0 Å². The van der Waals surface area contributed by atoms with Gasteiger partial charge < -0.3 is 10.3 Å². The zero-order valence-electron chi connectivity index (χ0n) is 9.83. The number of halogens is 1. The van der Waals surface area contributed by atoms with Gasteiger partial charge in [-0.1, -0.05) is 15.9 Å². The fourth-order valence-corrected chi connectivity index (χ4v) is 3.03. The van der Waals surface area contributed by atoms with Crippen LogP contribution in [-0.2, 0) is 0 Å². The highest BCUT2D eigenvalue weighted by Gasteiger charge is 2.07. The molecule has 0 aliphatic heterocycles. The van der Waals surface area contributed by atoms with Gasteiger partial charge in [-0.25, -0.2) is 4.98 Å². The van der Waals surface area contributed by atoms with E-state index in [1.807, 2.05) is 6.07 Å². The molecule has 18 heavy (non-hydrogen) atoms. The Kier molecular flexibility index (Phi) is 3.09. The molecule has 0 unspecified atom stereocenters. The Labute approximate surface area is 117 Å². The molecule has 2 N–H and O–H groups in total. The minimum atomic E-state index is 0.895. The van der Waals surface area contributed by atoms with Crippen molar-refractivity contribution in [3.05, 3.63) is 34.1 Å². The van der Waals surface area contributed by atoms with E-state index in [2.05, 4.69) is 61.7 Å². The van der Waals surface area contributed by atoms with Gasteiger partial charge in [-0.3, -0.25) is 0 Å². The monoisotopic (exact) mass is 321 g/mol. The number of anilines is 1. The first-order valence-electron chi connectivity index (χ1n) is 5.74. The van der Waals surface area contributed by atoms with Gasteiger partial charge in [-0.2, -0.15) is 0 Å². The maximum atomic E-state index is 4.55. The van der Waals surface area contributed by atoms with Gasteiger partial charge in [-0.05, 0) is 31.2 Å². The van der Waals surface area contributed by atoms with Gasteiger partial charge in [0.25, 0.3) is 0 Å². The zero-order chi connectivity index (χ0) is 12.5. The summed E-state index contributed by atoms with van der Waals surface area (Å²) in [7, 11) is 0. The van der Waals surface area contributed by atoms with E-state index in [0.717, 1.165) is 33.1 Å². The third kappa shape index (κ3) is 2.15. The lowest BCUT2D eigenvalue weighted by molar-refractivity contribution is 1.19. The average molecular weight is 322 g/mol. The lowest BCUT2D eigenvalue weighted by atomic mass is 10.2. The molecule has 92 valence electrons. The number of fused-ring (bicyclic) bond motifs is 1. The second-order valence-corrected chi connectivity index (χ2v) is 5.76. The van der Waals surface area contributed by atoms with Gasteiger partial charge in [0, 0.05) is 27.3 Å². The molecule has 0 atom stereocenters. The molecule has 5 heteroatoms. The van der Waals surface area contributed by atoms with Crippen LogP contribution in [0.15, 0.2) is 34.1 Å². The van der Waals surface area contributed by atoms with Gasteiger partial charge in [0.05, 0.1) is 11.4 Å². The highest BCUT2D eigenvalue weighted by molar-refractivity contribution is 9.10. The molecule has 0 aliphatic carbocycles. The molecule has 0 fully saturated rings. The molecule has 0 spiro atoms. The van der Waals surface area contributed by atoms with E-state index >= 15 is 0 Å². The lowest BCUT2D eigenvalue weighted by Crippen LogP contribution is -1.94. The third-order valence-corrected chi connectivity index (χ3v) is 3.98. The van der Waals surface area contributed by atoms with Gasteiger partial charge in [0.15, 0.2) is 5.13 Å². The highest BCUT2D eigenvalue weighted by atomic mass is 79.9. The predicted octanol–water partition coefficient (Wildman–Crippen LogP) is 4.49. The smallest absolute Gasteiger partial charge is 0.183 e. The Morgan fingerprint density at radius 1 is 1.39 bits per heavy atom. The Morgan fingerprint density at radius 2 is 2.28 bits per heavy atom. The number of nitrogens with one attached hydrogen (secondary N) is 2. The number of benzene rings is 1. The summed E-state index contributed by atoms with van der Waals surface area (Å²) in [6.07, 6.45) is 0. The fourth-order valence-electron chi connectivity index (χ4n) is 1.87. The lowest BCUT2D eigenvalue weighted by Gasteiger charge is -1.94. The van der Waals surface area contributed by atoms with Crippen molar-refractivity contribution in [3.8, 4) is 11.4 Å². The van der Waals surface area contributed by atoms with Gasteiger partial charge in [0.1, 0.15) is 0 Å². The number of rotatable bonds is 3. The summed E-state index contributed by atoms with van der Waals surface area (Å²) in [5, 5.41) is 7.45. The van der Waals surface area contributed by atoms with E-state index in [4.69, 9.17) is 0 Å². The molecule has 3 rings (SSSR count). The molecule has 0 radical (unpaired) electrons. The quantitative estimate of drug-likeness (QED) is 0.746. The molecule has 2 heterocycles. The van der Waals surface area contributed by atoms with Crippen molar-refractivity contribution in [2.45, 2.75) is 6.92 Å². The normalized spacial score (nSPS) is 11.0. The number of thiazole rings is 1. The van der Waals surface area contributed by atoms with Crippen molar-refractivity contribution >= 4 is 43.3 Å². The molecular formula is C13H12BrN3S. The minimum absolute atomic E-state index is 0.895. The maximum absolute atomic E-state index is 4.55. The van der Waals surface area contributed by atoms with Crippen LogP contribution in [0.4, 0.5) is 5.13 Å². The van der Waals surface area contributed by atoms with Crippen LogP contribution in [-0.4, -0.2) is 16.5 Å². The van der Waals surface area contributed by atoms with E-state index in [-0.39, 0.29) is 0 Å². The number of hydrogen-bond acceptors (Lipinski definition) is 3. The van der Waals surface area contributed by atoms with Crippen LogP contribution >= 0.6 is 27.3 Å². The minimum Gasteiger partial charge on any atom is -0.362 e. The Morgan fingerprint density at radius 3 is 3.11 bits per heavy atom. The molecule has 0 amide bonds. The highest BCUT2D eigenvalue weighted by Crippen LogP contribution is 2.28. The second kappa shape index (κ2) is 4.74. The van der Waals surface area contributed by atoms with E-state index < -0.39 is 0 Å². The average Bonchev–Trinajstić information content (AvgIpc) is 2.94. The standard InChI is InChI=1S/C13H12BrN3S/c1-2-15-13-17-12(7-18-13)11-6-8-5-9(14)3-4-10(8)16-11/h3-7,16H,2H2,1H3,(H,15,17). The summed E-state index contributed by atoms with van der Waals surface area (Å²) in [5.74, 6) is 0. The summed E-state index contributed by atoms with van der Waals surface area (Å²) < 4.78 is 1.09. The summed E-state index contributed by atoms with van der Waals surface area (Å²) in [6, 6.07) is 8.34. The molecule has 0 saturated heterocycles. The summed E-state index contributed by atoms with van der Waals surface area (Å²) in [4.78, 5) is 7.94. The molecule has 3 nitrogen and oxygen atoms in total. The van der Waals surface area contributed by atoms with Crippen molar-refractivity contribution < 1.29 is 0 Å². The van der Waals surface area contributed by atoms with E-state index in [1.165, 1.54) is 5.39 Å². The Hall–Kier alpha value is -1.33. The van der Waals surface area contributed by atoms with Crippen molar-refractivity contribution in [3.63, 3.8) is 0 Å². The second-order valence-electron chi connectivity index (χ2n) is 3.98. The van der Waals surface area contributed by atoms with Crippen molar-refractivity contribution in [1.82, 2.24) is 9.97 Å². The number of H-pyrrole nitrogens is 1. The van der Waals surface area contributed by atoms with Crippen LogP contribution in [0.3, 0.4) is 0 Å². The Bertz CT molecular complexity index is 686. The molecule has 1 aromatic carbocycles. The first kappa shape index (κ1) is 11.7. The number of aromatic amines is 1. The van der Waals surface area contributed by atoms with Gasteiger partial charge in [-0.15, -0.1) is 11.3 Å². The number of hydrogen-bond donors (Lipinski definition) is 2. The van der Waals surface area contributed by atoms with E-state index in [0.29, 0.717) is 0 Å². The van der Waals surface area contributed by atoms with Crippen LogP contribution < -0.4 is 5.32 Å². The van der Waals surface area contributed by atoms with Crippen molar-refractivity contribution in [1.29, 1.82) is 0 Å². The first-order chi connectivity index (χ1) is 8.76. The maximum Gasteiger partial charge on any atom is 0.183 e. The molecule has 0 saturated carbocycles. The summed E-state index contributed by atoms with van der Waals surface area (Å²) >= 11 is 5.12. The molecule has 2 aromatic heterocycles. The summed E-state index contributed by atoms with van der Waals surface area (Å²) in [5.41, 5.74) is 3.18. The van der Waals surface area contributed by atoms with Crippen LogP contribution in [0.1, 0.15) is 6.92 Å². The Balaban J connectivity index is 2.02. The molecule has 0 aliphatic rings. The fraction of sp³-hybridized carbons (Fsp3) is 0.154. The third-order valence-electron chi connectivity index (χ3n) is 2.69. The van der Waals surface area contributed by atoms with Gasteiger partial charge >= 0.3 is 0 Å². The van der Waals surface area contributed by atoms with E-state index in [1.54, 1.807) is 11.3 Å². The van der Waals surface area contributed by atoms with Crippen molar-refractivity contribution in [2.75, 3.05) is 11.9 Å². The SMILES string of the molecule is CCNc1nc(-c2cc3cc(Br)ccc3[nH]2)cs1. The molecular weight excluding hydrogens is 310 g/mol. The van der Waals surface area contributed by atoms with Crippen LogP contribution in [0, 0.1) is 0 Å². The summed E-state index contributed by atoms with van der Waals surface area (Å²) in [6.45, 7) is 2.97. The van der Waals surface area contributed by atoms with Crippen LogP contribution in [0.5, 0.6) is 0 Å². The first-order valence-corrected chi connectivity index (χ1v) is 7.41. The largest absolute Gasteiger partial charge is 0.362 e. The number of aromatic nitrogens is 2. The predicted molar refractivity (Wildman–Crippen MR) is 81.3 cm³/mol. The number of nitrogens with zero attached hydrogens (tertiary/aromatic N) is 1. The van der Waals surface area contributed by atoms with E-state index in [9.17, 15) is 0 Å². The van der Waals surface area contributed by atoms with Crippen molar-refractivity contribution in [2.24, 2.45) is 0 Å². The zero-order valence-corrected chi connectivity index (χ0v) is 12.2. The van der Waals surface area contributed by atoms with Crippen LogP contribution in [0.2, 0.25) is 0 Å².